The van der Waals surface area contributed by atoms with Crippen molar-refractivity contribution in [1.82, 2.24) is 0 Å². The second kappa shape index (κ2) is 5.71. The predicted octanol–water partition coefficient (Wildman–Crippen LogP) is 1.12. The van der Waals surface area contributed by atoms with Crippen LogP contribution in [0, 0.1) is 10.1 Å². The average Bonchev–Trinajstić information content (AvgIpc) is 2.37. The topological polar surface area (TPSA) is 120 Å². The summed E-state index contributed by atoms with van der Waals surface area (Å²) in [5.41, 5.74) is 5.07. The fourth-order valence-corrected chi connectivity index (χ4v) is 1.20. The Balaban J connectivity index is 3.05. The van der Waals surface area contributed by atoms with E-state index in [9.17, 15) is 10.1 Å². The summed E-state index contributed by atoms with van der Waals surface area (Å²) < 4.78 is 10.1. The number of hydrogen-bond acceptors (Lipinski definition) is 6. The Morgan fingerprint density at radius 1 is 1.61 bits per heavy atom. The first-order valence-electron chi connectivity index (χ1n) is 4.96. The van der Waals surface area contributed by atoms with Crippen molar-refractivity contribution in [2.45, 2.75) is 13.0 Å². The van der Waals surface area contributed by atoms with E-state index < -0.39 is 11.0 Å². The molecule has 0 heterocycles. The molecule has 0 fully saturated rings. The van der Waals surface area contributed by atoms with Crippen molar-refractivity contribution in [3.8, 4) is 11.5 Å². The van der Waals surface area contributed by atoms with Crippen LogP contribution in [0.4, 0.5) is 5.69 Å². The van der Waals surface area contributed by atoms with Gasteiger partial charge in [0.25, 0.3) is 0 Å². The van der Waals surface area contributed by atoms with Gasteiger partial charge in [-0.2, -0.15) is 0 Å². The monoisotopic (exact) mass is 255 g/mol. The van der Waals surface area contributed by atoms with Gasteiger partial charge in [0.05, 0.1) is 18.1 Å². The third-order valence-corrected chi connectivity index (χ3v) is 2.20. The van der Waals surface area contributed by atoms with E-state index in [0.717, 1.165) is 0 Å². The molecule has 3 N–H and O–H groups in total. The molecule has 98 valence electrons. The summed E-state index contributed by atoms with van der Waals surface area (Å²) in [5, 5.41) is 22.1. The van der Waals surface area contributed by atoms with Crippen LogP contribution in [-0.4, -0.2) is 29.2 Å². The van der Waals surface area contributed by atoms with Crippen LogP contribution in [0.15, 0.2) is 23.4 Å². The third-order valence-electron chi connectivity index (χ3n) is 2.20. The van der Waals surface area contributed by atoms with Gasteiger partial charge in [0.1, 0.15) is 5.75 Å². The Kier molecular flexibility index (Phi) is 4.30. The maximum Gasteiger partial charge on any atom is 0.314 e. The molecular weight excluding hydrogens is 242 g/mol. The molecule has 1 atom stereocenters. The van der Waals surface area contributed by atoms with Crippen LogP contribution in [0.5, 0.6) is 11.5 Å². The highest BCUT2D eigenvalue weighted by Crippen LogP contribution is 2.31. The van der Waals surface area contributed by atoms with Crippen LogP contribution in [-0.2, 0) is 0 Å². The second-order valence-corrected chi connectivity index (χ2v) is 3.38. The minimum Gasteiger partial charge on any atom is -0.496 e. The summed E-state index contributed by atoms with van der Waals surface area (Å²) in [4.78, 5) is 10.3. The minimum atomic E-state index is -0.790. The molecule has 0 amide bonds. The fourth-order valence-electron chi connectivity index (χ4n) is 1.20. The van der Waals surface area contributed by atoms with Crippen molar-refractivity contribution < 1.29 is 19.6 Å². The number of amidine groups is 1. The van der Waals surface area contributed by atoms with Crippen molar-refractivity contribution in [2.75, 3.05) is 7.11 Å². The third kappa shape index (κ3) is 3.00. The Morgan fingerprint density at radius 2 is 2.28 bits per heavy atom. The lowest BCUT2D eigenvalue weighted by molar-refractivity contribution is -0.386. The molecule has 0 aliphatic carbocycles. The number of hydrogen-bond donors (Lipinski definition) is 2. The molecule has 0 aliphatic rings. The van der Waals surface area contributed by atoms with E-state index in [-0.39, 0.29) is 17.3 Å². The molecule has 1 unspecified atom stereocenters. The number of nitrogens with zero attached hydrogens (tertiary/aromatic N) is 2. The van der Waals surface area contributed by atoms with Crippen molar-refractivity contribution in [3.63, 3.8) is 0 Å². The Hall–Kier alpha value is -2.51. The number of rotatable bonds is 5. The first-order chi connectivity index (χ1) is 8.49. The average molecular weight is 255 g/mol. The summed E-state index contributed by atoms with van der Waals surface area (Å²) in [6.07, 6.45) is -0.790. The van der Waals surface area contributed by atoms with Crippen LogP contribution < -0.4 is 15.2 Å². The molecule has 0 aliphatic heterocycles. The van der Waals surface area contributed by atoms with Gasteiger partial charge in [-0.3, -0.25) is 10.1 Å². The molecule has 8 heteroatoms. The van der Waals surface area contributed by atoms with Gasteiger partial charge < -0.3 is 20.4 Å². The quantitative estimate of drug-likeness (QED) is 0.267. The van der Waals surface area contributed by atoms with E-state index >= 15 is 0 Å². The lowest BCUT2D eigenvalue weighted by atomic mass is 10.2. The van der Waals surface area contributed by atoms with Crippen LogP contribution in [0.1, 0.15) is 6.92 Å². The second-order valence-electron chi connectivity index (χ2n) is 3.38. The number of nitro groups is 1. The maximum atomic E-state index is 10.9. The first kappa shape index (κ1) is 13.6. The first-order valence-corrected chi connectivity index (χ1v) is 4.96. The van der Waals surface area contributed by atoms with Gasteiger partial charge in [0.15, 0.2) is 17.7 Å². The number of methoxy groups -OCH3 is 1. The summed E-state index contributed by atoms with van der Waals surface area (Å²) in [6.45, 7) is 1.50. The fraction of sp³-hybridized carbons (Fsp3) is 0.300. The predicted molar refractivity (Wildman–Crippen MR) is 63.1 cm³/mol. The molecule has 0 saturated heterocycles. The molecule has 0 saturated carbocycles. The number of nitrogens with two attached hydrogens (primary N) is 1. The van der Waals surface area contributed by atoms with Gasteiger partial charge in [-0.25, -0.2) is 0 Å². The van der Waals surface area contributed by atoms with Crippen molar-refractivity contribution >= 4 is 11.5 Å². The van der Waals surface area contributed by atoms with E-state index in [1.54, 1.807) is 0 Å². The number of benzene rings is 1. The van der Waals surface area contributed by atoms with Crippen molar-refractivity contribution in [3.05, 3.63) is 28.3 Å². The molecule has 0 bridgehead atoms. The van der Waals surface area contributed by atoms with Gasteiger partial charge >= 0.3 is 5.69 Å². The number of nitro benzene ring substituents is 1. The minimum absolute atomic E-state index is 0.0138. The van der Waals surface area contributed by atoms with Crippen LogP contribution >= 0.6 is 0 Å². The lowest BCUT2D eigenvalue weighted by Crippen LogP contribution is -2.31. The zero-order valence-electron chi connectivity index (χ0n) is 9.86. The summed E-state index contributed by atoms with van der Waals surface area (Å²) in [5.74, 6) is 0.172. The largest absolute Gasteiger partial charge is 0.496 e. The SMILES string of the molecule is COc1ccc(OC(C)C(N)=NO)c([N+](=O)[O-])c1. The van der Waals surface area contributed by atoms with E-state index in [0.29, 0.717) is 5.75 Å². The van der Waals surface area contributed by atoms with Gasteiger partial charge in [-0.05, 0) is 19.1 Å². The normalized spacial score (nSPS) is 12.9. The maximum absolute atomic E-state index is 10.9. The Morgan fingerprint density at radius 3 is 2.78 bits per heavy atom. The van der Waals surface area contributed by atoms with Crippen LogP contribution in [0.25, 0.3) is 0 Å². The molecule has 8 nitrogen and oxygen atoms in total. The smallest absolute Gasteiger partial charge is 0.314 e. The number of ether oxygens (including phenoxy) is 2. The highest BCUT2D eigenvalue weighted by molar-refractivity contribution is 5.84. The molecule has 1 aromatic rings. The number of oxime groups is 1. The van der Waals surface area contributed by atoms with Crippen molar-refractivity contribution in [2.24, 2.45) is 10.9 Å². The molecule has 18 heavy (non-hydrogen) atoms. The zero-order chi connectivity index (χ0) is 13.7. The Bertz CT molecular complexity index is 475. The summed E-state index contributed by atoms with van der Waals surface area (Å²) in [7, 11) is 1.40. The molecule has 1 aromatic carbocycles. The highest BCUT2D eigenvalue weighted by atomic mass is 16.6. The van der Waals surface area contributed by atoms with E-state index in [2.05, 4.69) is 5.16 Å². The van der Waals surface area contributed by atoms with Crippen molar-refractivity contribution in [1.29, 1.82) is 0 Å². The Labute approximate surface area is 103 Å². The van der Waals surface area contributed by atoms with Gasteiger partial charge in [-0.15, -0.1) is 0 Å². The lowest BCUT2D eigenvalue weighted by Gasteiger charge is -2.13. The van der Waals surface area contributed by atoms with Gasteiger partial charge in [-0.1, -0.05) is 5.16 Å². The zero-order valence-corrected chi connectivity index (χ0v) is 9.86. The van der Waals surface area contributed by atoms with E-state index in [4.69, 9.17) is 20.4 Å². The molecule has 0 aromatic heterocycles. The van der Waals surface area contributed by atoms with Crippen LogP contribution in [0.3, 0.4) is 0 Å². The molecular formula is C10H13N3O5. The molecule has 1 rings (SSSR count). The summed E-state index contributed by atoms with van der Waals surface area (Å²) >= 11 is 0. The highest BCUT2D eigenvalue weighted by Gasteiger charge is 2.20. The van der Waals surface area contributed by atoms with Crippen LogP contribution in [0.2, 0.25) is 0 Å². The summed E-state index contributed by atoms with van der Waals surface area (Å²) in [6, 6.07) is 4.13. The standard InChI is InChI=1S/C10H13N3O5/c1-6(10(11)12-14)18-9-4-3-7(17-2)5-8(9)13(15)16/h3-6,14H,1-2H3,(H2,11,12). The molecule has 0 radical (unpaired) electrons. The van der Waals surface area contributed by atoms with Gasteiger partial charge in [0, 0.05) is 0 Å². The van der Waals surface area contributed by atoms with Gasteiger partial charge in [0.2, 0.25) is 0 Å². The molecule has 0 spiro atoms. The van der Waals surface area contributed by atoms with E-state index in [1.165, 1.54) is 32.2 Å². The van der Waals surface area contributed by atoms with E-state index in [1.807, 2.05) is 0 Å².